The van der Waals surface area contributed by atoms with Crippen LogP contribution in [-0.2, 0) is 10.0 Å². The number of nitrogen functional groups attached to an aromatic ring is 1. The average molecular weight is 276 g/mol. The third-order valence-corrected chi connectivity index (χ3v) is 5.65. The maximum atomic E-state index is 12.1. The lowest BCUT2D eigenvalue weighted by molar-refractivity contribution is 0.521. The molecule has 1 aromatic rings. The summed E-state index contributed by atoms with van der Waals surface area (Å²) in [5.74, 6) is 0.646. The number of hydrogen-bond donors (Lipinski definition) is 2. The van der Waals surface area contributed by atoms with Gasteiger partial charge < -0.3 is 11.1 Å². The highest BCUT2D eigenvalue weighted by Crippen LogP contribution is 2.39. The largest absolute Gasteiger partial charge is 0.382 e. The first-order valence-electron chi connectivity index (χ1n) is 5.28. The van der Waals surface area contributed by atoms with Crippen molar-refractivity contribution in [3.05, 3.63) is 0 Å². The van der Waals surface area contributed by atoms with E-state index in [1.54, 1.807) is 0 Å². The number of nitrogens with two attached hydrogens (primary N) is 1. The topological polar surface area (TPSA) is 88.3 Å². The Morgan fingerprint density at radius 2 is 2.12 bits per heavy atom. The van der Waals surface area contributed by atoms with E-state index in [0.29, 0.717) is 17.0 Å². The van der Waals surface area contributed by atoms with Gasteiger partial charge >= 0.3 is 0 Å². The Labute approximate surface area is 105 Å². The molecule has 1 aromatic heterocycles. The SMILES string of the molecule is CC1CC1Nc1snc(N)c1S(=O)(=O)N(C)C. The van der Waals surface area contributed by atoms with Crippen LogP contribution in [0.3, 0.4) is 0 Å². The molecule has 0 aliphatic heterocycles. The number of nitrogens with one attached hydrogen (secondary N) is 1. The van der Waals surface area contributed by atoms with Crippen molar-refractivity contribution in [2.24, 2.45) is 5.92 Å². The monoisotopic (exact) mass is 276 g/mol. The van der Waals surface area contributed by atoms with Gasteiger partial charge in [-0.05, 0) is 23.9 Å². The molecule has 1 heterocycles. The fourth-order valence-electron chi connectivity index (χ4n) is 1.51. The van der Waals surface area contributed by atoms with Gasteiger partial charge in [0.25, 0.3) is 0 Å². The van der Waals surface area contributed by atoms with Gasteiger partial charge in [0, 0.05) is 20.1 Å². The van der Waals surface area contributed by atoms with Crippen LogP contribution in [0.4, 0.5) is 10.8 Å². The number of nitrogens with zero attached hydrogens (tertiary/aromatic N) is 2. The van der Waals surface area contributed by atoms with E-state index in [1.807, 2.05) is 0 Å². The van der Waals surface area contributed by atoms with Gasteiger partial charge in [-0.1, -0.05) is 6.92 Å². The van der Waals surface area contributed by atoms with Gasteiger partial charge in [0.15, 0.2) is 10.7 Å². The van der Waals surface area contributed by atoms with Crippen molar-refractivity contribution in [2.75, 3.05) is 25.1 Å². The third-order valence-electron chi connectivity index (χ3n) is 2.84. The van der Waals surface area contributed by atoms with E-state index in [4.69, 9.17) is 5.73 Å². The van der Waals surface area contributed by atoms with Gasteiger partial charge in [-0.3, -0.25) is 0 Å². The summed E-state index contributed by atoms with van der Waals surface area (Å²) < 4.78 is 29.3. The first-order chi connectivity index (χ1) is 7.84. The Balaban J connectivity index is 2.36. The van der Waals surface area contributed by atoms with Gasteiger partial charge in [-0.2, -0.15) is 4.37 Å². The van der Waals surface area contributed by atoms with Crippen molar-refractivity contribution >= 4 is 32.4 Å². The van der Waals surface area contributed by atoms with Gasteiger partial charge in [-0.25, -0.2) is 12.7 Å². The van der Waals surface area contributed by atoms with E-state index >= 15 is 0 Å². The highest BCUT2D eigenvalue weighted by molar-refractivity contribution is 7.89. The second-order valence-corrected chi connectivity index (χ2v) is 7.34. The fraction of sp³-hybridized carbons (Fsp3) is 0.667. The van der Waals surface area contributed by atoms with E-state index in [1.165, 1.54) is 14.1 Å². The molecule has 0 saturated heterocycles. The third kappa shape index (κ3) is 2.24. The quantitative estimate of drug-likeness (QED) is 0.849. The minimum Gasteiger partial charge on any atom is -0.382 e. The van der Waals surface area contributed by atoms with Crippen LogP contribution < -0.4 is 11.1 Å². The molecule has 17 heavy (non-hydrogen) atoms. The van der Waals surface area contributed by atoms with Crippen molar-refractivity contribution < 1.29 is 8.42 Å². The van der Waals surface area contributed by atoms with Crippen LogP contribution in [0.25, 0.3) is 0 Å². The summed E-state index contributed by atoms with van der Waals surface area (Å²) in [6.45, 7) is 2.11. The average Bonchev–Trinajstić information content (AvgIpc) is 2.75. The summed E-state index contributed by atoms with van der Waals surface area (Å²) in [4.78, 5) is 0.103. The van der Waals surface area contributed by atoms with Crippen LogP contribution in [0.15, 0.2) is 4.90 Å². The second kappa shape index (κ2) is 4.11. The van der Waals surface area contributed by atoms with Gasteiger partial charge in [-0.15, -0.1) is 0 Å². The van der Waals surface area contributed by atoms with Crippen molar-refractivity contribution in [3.8, 4) is 0 Å². The molecule has 1 fully saturated rings. The van der Waals surface area contributed by atoms with Crippen LogP contribution in [0, 0.1) is 5.92 Å². The number of sulfonamides is 1. The number of rotatable bonds is 4. The molecule has 0 aromatic carbocycles. The predicted molar refractivity (Wildman–Crippen MR) is 68.6 cm³/mol. The van der Waals surface area contributed by atoms with Crippen molar-refractivity contribution in [3.63, 3.8) is 0 Å². The highest BCUT2D eigenvalue weighted by atomic mass is 32.2. The zero-order valence-corrected chi connectivity index (χ0v) is 11.6. The summed E-state index contributed by atoms with van der Waals surface area (Å²) in [5, 5.41) is 3.73. The van der Waals surface area contributed by atoms with Crippen molar-refractivity contribution in [2.45, 2.75) is 24.3 Å². The maximum Gasteiger partial charge on any atom is 0.249 e. The van der Waals surface area contributed by atoms with Crippen LogP contribution in [0.5, 0.6) is 0 Å². The van der Waals surface area contributed by atoms with Crippen LogP contribution >= 0.6 is 11.5 Å². The first-order valence-corrected chi connectivity index (χ1v) is 7.49. The Kier molecular flexibility index (Phi) is 3.04. The molecule has 1 aliphatic carbocycles. The zero-order valence-electron chi connectivity index (χ0n) is 9.97. The van der Waals surface area contributed by atoms with Crippen molar-refractivity contribution in [1.29, 1.82) is 0 Å². The molecular formula is C9H16N4O2S2. The molecule has 2 atom stereocenters. The second-order valence-electron chi connectivity index (χ2n) is 4.48. The normalized spacial score (nSPS) is 24.0. The molecule has 6 nitrogen and oxygen atoms in total. The van der Waals surface area contributed by atoms with E-state index in [0.717, 1.165) is 22.3 Å². The molecule has 0 spiro atoms. The van der Waals surface area contributed by atoms with E-state index in [9.17, 15) is 8.42 Å². The molecule has 2 unspecified atom stereocenters. The van der Waals surface area contributed by atoms with Crippen LogP contribution in [0.1, 0.15) is 13.3 Å². The molecule has 0 bridgehead atoms. The van der Waals surface area contributed by atoms with E-state index in [2.05, 4.69) is 16.6 Å². The number of aromatic nitrogens is 1. The lowest BCUT2D eigenvalue weighted by atomic mass is 10.5. The Morgan fingerprint density at radius 3 is 2.59 bits per heavy atom. The summed E-state index contributed by atoms with van der Waals surface area (Å²) in [5.41, 5.74) is 5.65. The standard InChI is InChI=1S/C9H16N4O2S2/c1-5-4-6(5)11-9-7(8(10)12-16-9)17(14,15)13(2)3/h5-6,11H,4H2,1-3H3,(H2,10,12). The van der Waals surface area contributed by atoms with Gasteiger partial charge in [0.1, 0.15) is 5.00 Å². The number of anilines is 2. The predicted octanol–water partition coefficient (Wildman–Crippen LogP) is 0.796. The molecule has 96 valence electrons. The lowest BCUT2D eigenvalue weighted by Crippen LogP contribution is -2.23. The fourth-order valence-corrected chi connectivity index (χ4v) is 3.64. The molecule has 0 radical (unpaired) electrons. The Hall–Kier alpha value is -0.860. The smallest absolute Gasteiger partial charge is 0.249 e. The molecule has 1 saturated carbocycles. The Morgan fingerprint density at radius 1 is 1.53 bits per heavy atom. The van der Waals surface area contributed by atoms with Crippen LogP contribution in [0.2, 0.25) is 0 Å². The molecular weight excluding hydrogens is 260 g/mol. The lowest BCUT2D eigenvalue weighted by Gasteiger charge is -2.12. The molecule has 8 heteroatoms. The highest BCUT2D eigenvalue weighted by Gasteiger charge is 2.36. The molecule has 3 N–H and O–H groups in total. The summed E-state index contributed by atoms with van der Waals surface area (Å²) >= 11 is 1.10. The van der Waals surface area contributed by atoms with E-state index in [-0.39, 0.29) is 10.7 Å². The Bertz CT molecular complexity index is 523. The summed E-state index contributed by atoms with van der Waals surface area (Å²) in [6.07, 6.45) is 1.05. The molecule has 0 amide bonds. The molecule has 1 aliphatic rings. The molecule has 2 rings (SSSR count). The zero-order chi connectivity index (χ0) is 12.8. The van der Waals surface area contributed by atoms with Crippen LogP contribution in [-0.4, -0.2) is 37.2 Å². The van der Waals surface area contributed by atoms with E-state index < -0.39 is 10.0 Å². The minimum absolute atomic E-state index is 0.0690. The first kappa shape index (κ1) is 12.6. The summed E-state index contributed by atoms with van der Waals surface area (Å²) in [6, 6.07) is 0.339. The maximum absolute atomic E-state index is 12.1. The van der Waals surface area contributed by atoms with Gasteiger partial charge in [0.05, 0.1) is 0 Å². The number of hydrogen-bond acceptors (Lipinski definition) is 6. The summed E-state index contributed by atoms with van der Waals surface area (Å²) in [7, 11) is -0.572. The van der Waals surface area contributed by atoms with Gasteiger partial charge in [0.2, 0.25) is 10.0 Å². The minimum atomic E-state index is -3.54. The van der Waals surface area contributed by atoms with Crippen molar-refractivity contribution in [1.82, 2.24) is 8.68 Å².